The number of nitriles is 1. The summed E-state index contributed by atoms with van der Waals surface area (Å²) in [4.78, 5) is 0. The summed E-state index contributed by atoms with van der Waals surface area (Å²) in [6.07, 6.45) is 0. The van der Waals surface area contributed by atoms with E-state index in [9.17, 15) is 0 Å². The van der Waals surface area contributed by atoms with Crippen LogP contribution in [0.3, 0.4) is 0 Å². The second kappa shape index (κ2) is 5.09. The molecule has 0 saturated heterocycles. The molecule has 3 nitrogen and oxygen atoms in total. The second-order valence-electron chi connectivity index (χ2n) is 4.20. The van der Waals surface area contributed by atoms with Crippen LogP contribution in [0.15, 0.2) is 18.2 Å². The van der Waals surface area contributed by atoms with Crippen LogP contribution in [0.2, 0.25) is 5.02 Å². The first-order valence-electron chi connectivity index (χ1n) is 4.97. The van der Waals surface area contributed by atoms with Crippen LogP contribution < -0.4 is 10.1 Å². The first-order chi connectivity index (χ1) is 7.48. The first kappa shape index (κ1) is 12.7. The molecule has 0 saturated carbocycles. The molecule has 1 aromatic rings. The Kier molecular flexibility index (Phi) is 4.03. The zero-order chi connectivity index (χ0) is 12.2. The van der Waals surface area contributed by atoms with Crippen LogP contribution in [-0.4, -0.2) is 13.7 Å². The number of anilines is 1. The Hall–Kier alpha value is -1.40. The van der Waals surface area contributed by atoms with Crippen molar-refractivity contribution in [3.05, 3.63) is 23.2 Å². The molecule has 0 aliphatic carbocycles. The summed E-state index contributed by atoms with van der Waals surface area (Å²) in [6, 6.07) is 7.63. The fourth-order valence-corrected chi connectivity index (χ4v) is 1.36. The van der Waals surface area contributed by atoms with Crippen LogP contribution in [0, 0.1) is 16.7 Å². The van der Waals surface area contributed by atoms with Crippen LogP contribution in [0.1, 0.15) is 13.8 Å². The van der Waals surface area contributed by atoms with Gasteiger partial charge in [0.25, 0.3) is 0 Å². The number of methoxy groups -OCH3 is 1. The SMILES string of the molecule is COc1ccc(NCC(C)(C)C#N)c(Cl)c1. The molecule has 0 atom stereocenters. The molecule has 0 radical (unpaired) electrons. The fourth-order valence-electron chi connectivity index (χ4n) is 1.12. The van der Waals surface area contributed by atoms with Gasteiger partial charge in [-0.2, -0.15) is 5.26 Å². The number of nitrogens with one attached hydrogen (secondary N) is 1. The van der Waals surface area contributed by atoms with E-state index >= 15 is 0 Å². The number of hydrogen-bond donors (Lipinski definition) is 1. The molecule has 0 heterocycles. The predicted molar refractivity (Wildman–Crippen MR) is 65.9 cm³/mol. The van der Waals surface area contributed by atoms with E-state index < -0.39 is 5.41 Å². The molecule has 4 heteroatoms. The predicted octanol–water partition coefficient (Wildman–Crippen LogP) is 3.31. The van der Waals surface area contributed by atoms with Gasteiger partial charge in [-0.15, -0.1) is 0 Å². The molecule has 0 fully saturated rings. The molecule has 0 amide bonds. The van der Waals surface area contributed by atoms with Gasteiger partial charge >= 0.3 is 0 Å². The molecule has 0 aliphatic rings. The van der Waals surface area contributed by atoms with Gasteiger partial charge in [-0.3, -0.25) is 0 Å². The van der Waals surface area contributed by atoms with Gasteiger partial charge in [0, 0.05) is 12.6 Å². The minimum absolute atomic E-state index is 0.413. The minimum Gasteiger partial charge on any atom is -0.497 e. The van der Waals surface area contributed by atoms with Crippen molar-refractivity contribution in [2.24, 2.45) is 5.41 Å². The molecule has 0 aliphatic heterocycles. The minimum atomic E-state index is -0.413. The number of halogens is 1. The molecule has 16 heavy (non-hydrogen) atoms. The van der Waals surface area contributed by atoms with Gasteiger partial charge in [0.05, 0.1) is 29.3 Å². The van der Waals surface area contributed by atoms with Crippen molar-refractivity contribution >= 4 is 17.3 Å². The Balaban J connectivity index is 2.73. The standard InChI is InChI=1S/C12H15ClN2O/c1-12(2,7-14)8-15-11-5-4-9(16-3)6-10(11)13/h4-6,15H,8H2,1-3H3. The second-order valence-corrected chi connectivity index (χ2v) is 4.60. The highest BCUT2D eigenvalue weighted by Crippen LogP contribution is 2.27. The third kappa shape index (κ3) is 3.32. The highest BCUT2D eigenvalue weighted by molar-refractivity contribution is 6.33. The summed E-state index contributed by atoms with van der Waals surface area (Å²) in [5, 5.41) is 12.6. The highest BCUT2D eigenvalue weighted by Gasteiger charge is 2.16. The number of nitrogens with zero attached hydrogens (tertiary/aromatic N) is 1. The maximum absolute atomic E-state index is 8.88. The summed E-state index contributed by atoms with van der Waals surface area (Å²) >= 11 is 6.05. The average Bonchev–Trinajstić information content (AvgIpc) is 2.27. The summed E-state index contributed by atoms with van der Waals surface area (Å²) in [7, 11) is 1.59. The molecular weight excluding hydrogens is 224 g/mol. The smallest absolute Gasteiger partial charge is 0.120 e. The molecule has 1 aromatic carbocycles. The third-order valence-electron chi connectivity index (χ3n) is 2.20. The Labute approximate surface area is 101 Å². The van der Waals surface area contributed by atoms with Crippen molar-refractivity contribution < 1.29 is 4.74 Å². The van der Waals surface area contributed by atoms with Crippen molar-refractivity contribution in [3.8, 4) is 11.8 Å². The van der Waals surface area contributed by atoms with Crippen molar-refractivity contribution in [2.45, 2.75) is 13.8 Å². The van der Waals surface area contributed by atoms with E-state index in [-0.39, 0.29) is 0 Å². The molecule has 0 unspecified atom stereocenters. The Morgan fingerprint density at radius 3 is 2.69 bits per heavy atom. The largest absolute Gasteiger partial charge is 0.497 e. The third-order valence-corrected chi connectivity index (χ3v) is 2.51. The normalized spacial score (nSPS) is 10.7. The van der Waals surface area contributed by atoms with Crippen molar-refractivity contribution in [1.82, 2.24) is 0 Å². The Bertz CT molecular complexity index is 410. The zero-order valence-electron chi connectivity index (χ0n) is 9.67. The quantitative estimate of drug-likeness (QED) is 0.875. The van der Waals surface area contributed by atoms with E-state index in [4.69, 9.17) is 21.6 Å². The number of ether oxygens (including phenoxy) is 1. The van der Waals surface area contributed by atoms with E-state index in [2.05, 4.69) is 11.4 Å². The summed E-state index contributed by atoms with van der Waals surface area (Å²) in [5.41, 5.74) is 0.397. The van der Waals surface area contributed by atoms with E-state index in [0.29, 0.717) is 11.6 Å². The van der Waals surface area contributed by atoms with Gasteiger partial charge in [0.15, 0.2) is 0 Å². The van der Waals surface area contributed by atoms with Crippen LogP contribution in [0.5, 0.6) is 5.75 Å². The van der Waals surface area contributed by atoms with Crippen LogP contribution in [0.4, 0.5) is 5.69 Å². The molecule has 0 aromatic heterocycles. The van der Waals surface area contributed by atoms with Gasteiger partial charge in [-0.1, -0.05) is 11.6 Å². The lowest BCUT2D eigenvalue weighted by molar-refractivity contribution is 0.415. The number of rotatable bonds is 4. The average molecular weight is 239 g/mol. The fraction of sp³-hybridized carbons (Fsp3) is 0.417. The van der Waals surface area contributed by atoms with Crippen molar-refractivity contribution in [2.75, 3.05) is 19.0 Å². The van der Waals surface area contributed by atoms with Crippen LogP contribution in [0.25, 0.3) is 0 Å². The van der Waals surface area contributed by atoms with Gasteiger partial charge in [0.2, 0.25) is 0 Å². The van der Waals surface area contributed by atoms with Gasteiger partial charge in [0.1, 0.15) is 5.75 Å². The maximum atomic E-state index is 8.88. The molecule has 1 rings (SSSR count). The lowest BCUT2D eigenvalue weighted by atomic mass is 9.96. The molecule has 1 N–H and O–H groups in total. The summed E-state index contributed by atoms with van der Waals surface area (Å²) in [6.45, 7) is 4.30. The topological polar surface area (TPSA) is 45.0 Å². The highest BCUT2D eigenvalue weighted by atomic mass is 35.5. The van der Waals surface area contributed by atoms with Crippen LogP contribution in [-0.2, 0) is 0 Å². The lowest BCUT2D eigenvalue weighted by Crippen LogP contribution is -2.21. The summed E-state index contributed by atoms with van der Waals surface area (Å²) < 4.78 is 5.05. The lowest BCUT2D eigenvalue weighted by Gasteiger charge is -2.17. The molecule has 0 bridgehead atoms. The summed E-state index contributed by atoms with van der Waals surface area (Å²) in [5.74, 6) is 0.718. The molecule has 86 valence electrons. The van der Waals surface area contributed by atoms with Crippen molar-refractivity contribution in [3.63, 3.8) is 0 Å². The number of benzene rings is 1. The van der Waals surface area contributed by atoms with Gasteiger partial charge in [-0.25, -0.2) is 0 Å². The zero-order valence-corrected chi connectivity index (χ0v) is 10.4. The maximum Gasteiger partial charge on any atom is 0.120 e. The first-order valence-corrected chi connectivity index (χ1v) is 5.35. The Morgan fingerprint density at radius 2 is 2.19 bits per heavy atom. The number of hydrogen-bond acceptors (Lipinski definition) is 3. The molecular formula is C12H15ClN2O. The van der Waals surface area contributed by atoms with Crippen LogP contribution >= 0.6 is 11.6 Å². The van der Waals surface area contributed by atoms with E-state index in [0.717, 1.165) is 11.4 Å². The monoisotopic (exact) mass is 238 g/mol. The Morgan fingerprint density at radius 1 is 1.50 bits per heavy atom. The van der Waals surface area contributed by atoms with E-state index in [1.165, 1.54) is 0 Å². The van der Waals surface area contributed by atoms with Gasteiger partial charge < -0.3 is 10.1 Å². The van der Waals surface area contributed by atoms with E-state index in [1.807, 2.05) is 26.0 Å². The van der Waals surface area contributed by atoms with E-state index in [1.54, 1.807) is 13.2 Å². The molecule has 0 spiro atoms. The van der Waals surface area contributed by atoms with Crippen molar-refractivity contribution in [1.29, 1.82) is 5.26 Å². The van der Waals surface area contributed by atoms with Gasteiger partial charge in [-0.05, 0) is 26.0 Å².